The van der Waals surface area contributed by atoms with Gasteiger partial charge in [0.05, 0.1) is 18.7 Å². The number of nitrogens with one attached hydrogen (secondary N) is 1. The van der Waals surface area contributed by atoms with Crippen molar-refractivity contribution in [2.45, 2.75) is 32.7 Å². The smallest absolute Gasteiger partial charge is 0.311 e. The van der Waals surface area contributed by atoms with Crippen molar-refractivity contribution in [3.8, 4) is 0 Å². The molecule has 0 bridgehead atoms. The standard InChI is InChI=1S/C11H17N3O3S/c1-4-17-8(15)5-7-6-18-10(13-7)14-11(2,3)9(12)16/h6H,4-5H2,1-3H3,(H2,12,16)(H,13,14). The zero-order valence-electron chi connectivity index (χ0n) is 10.6. The van der Waals surface area contributed by atoms with Crippen LogP contribution in [0.15, 0.2) is 5.38 Å². The van der Waals surface area contributed by atoms with Crippen LogP contribution < -0.4 is 11.1 Å². The van der Waals surface area contributed by atoms with E-state index in [1.54, 1.807) is 26.2 Å². The molecule has 0 aromatic carbocycles. The van der Waals surface area contributed by atoms with Gasteiger partial charge < -0.3 is 15.8 Å². The summed E-state index contributed by atoms with van der Waals surface area (Å²) >= 11 is 1.32. The molecule has 1 aromatic heterocycles. The highest BCUT2D eigenvalue weighted by Crippen LogP contribution is 2.20. The maximum Gasteiger partial charge on any atom is 0.311 e. The third kappa shape index (κ3) is 3.99. The molecule has 7 heteroatoms. The lowest BCUT2D eigenvalue weighted by Gasteiger charge is -2.21. The molecule has 0 radical (unpaired) electrons. The number of hydrogen-bond acceptors (Lipinski definition) is 6. The first kappa shape index (κ1) is 14.4. The number of primary amides is 1. The Morgan fingerprint density at radius 2 is 2.22 bits per heavy atom. The molecule has 0 aliphatic carbocycles. The van der Waals surface area contributed by atoms with Crippen LogP contribution in [-0.4, -0.2) is 29.0 Å². The van der Waals surface area contributed by atoms with E-state index in [9.17, 15) is 9.59 Å². The van der Waals surface area contributed by atoms with Crippen LogP contribution in [0.25, 0.3) is 0 Å². The third-order valence-electron chi connectivity index (χ3n) is 2.22. The van der Waals surface area contributed by atoms with Crippen molar-refractivity contribution in [2.24, 2.45) is 5.73 Å². The Kier molecular flexibility index (Phi) is 4.66. The lowest BCUT2D eigenvalue weighted by molar-refractivity contribution is -0.142. The summed E-state index contributed by atoms with van der Waals surface area (Å²) in [7, 11) is 0. The highest BCUT2D eigenvalue weighted by atomic mass is 32.1. The largest absolute Gasteiger partial charge is 0.466 e. The second kappa shape index (κ2) is 5.81. The van der Waals surface area contributed by atoms with Gasteiger partial charge in [-0.25, -0.2) is 4.98 Å². The SMILES string of the molecule is CCOC(=O)Cc1csc(NC(C)(C)C(N)=O)n1. The van der Waals surface area contributed by atoms with Crippen LogP contribution in [-0.2, 0) is 20.7 Å². The van der Waals surface area contributed by atoms with E-state index in [-0.39, 0.29) is 12.4 Å². The number of anilines is 1. The van der Waals surface area contributed by atoms with Crippen molar-refractivity contribution < 1.29 is 14.3 Å². The maximum absolute atomic E-state index is 11.3. The normalized spacial score (nSPS) is 11.1. The Morgan fingerprint density at radius 3 is 2.78 bits per heavy atom. The van der Waals surface area contributed by atoms with Gasteiger partial charge in [-0.1, -0.05) is 0 Å². The maximum atomic E-state index is 11.3. The molecule has 0 saturated heterocycles. The number of amides is 1. The van der Waals surface area contributed by atoms with Crippen LogP contribution in [0.2, 0.25) is 0 Å². The number of carbonyl (C=O) groups excluding carboxylic acids is 2. The lowest BCUT2D eigenvalue weighted by Crippen LogP contribution is -2.45. The van der Waals surface area contributed by atoms with E-state index in [4.69, 9.17) is 10.5 Å². The summed E-state index contributed by atoms with van der Waals surface area (Å²) in [5.74, 6) is -0.784. The van der Waals surface area contributed by atoms with Crippen LogP contribution in [0, 0.1) is 0 Å². The zero-order valence-corrected chi connectivity index (χ0v) is 11.5. The van der Waals surface area contributed by atoms with Crippen molar-refractivity contribution in [3.05, 3.63) is 11.1 Å². The number of carbonyl (C=O) groups is 2. The van der Waals surface area contributed by atoms with E-state index >= 15 is 0 Å². The number of thiazole rings is 1. The Morgan fingerprint density at radius 1 is 1.56 bits per heavy atom. The van der Waals surface area contributed by atoms with Crippen LogP contribution in [0.5, 0.6) is 0 Å². The number of aromatic nitrogens is 1. The first-order valence-corrected chi connectivity index (χ1v) is 6.41. The van der Waals surface area contributed by atoms with Crippen molar-refractivity contribution in [3.63, 3.8) is 0 Å². The van der Waals surface area contributed by atoms with Crippen molar-refractivity contribution >= 4 is 28.3 Å². The summed E-state index contributed by atoms with van der Waals surface area (Å²) in [6, 6.07) is 0. The summed E-state index contributed by atoms with van der Waals surface area (Å²) in [6.07, 6.45) is 0.128. The highest BCUT2D eigenvalue weighted by Gasteiger charge is 2.25. The number of esters is 1. The second-order valence-corrected chi connectivity index (χ2v) is 5.10. The predicted molar refractivity (Wildman–Crippen MR) is 69.3 cm³/mol. The quantitative estimate of drug-likeness (QED) is 0.750. The van der Waals surface area contributed by atoms with Gasteiger partial charge in [-0.2, -0.15) is 0 Å². The van der Waals surface area contributed by atoms with Crippen LogP contribution in [0.3, 0.4) is 0 Å². The molecule has 1 heterocycles. The minimum Gasteiger partial charge on any atom is -0.466 e. The zero-order chi connectivity index (χ0) is 13.8. The first-order chi connectivity index (χ1) is 8.35. The van der Waals surface area contributed by atoms with E-state index in [1.165, 1.54) is 11.3 Å². The van der Waals surface area contributed by atoms with Gasteiger partial charge in [-0.15, -0.1) is 11.3 Å². The molecule has 0 aliphatic heterocycles. The summed E-state index contributed by atoms with van der Waals surface area (Å²) in [5.41, 5.74) is 4.98. The lowest BCUT2D eigenvalue weighted by atomic mass is 10.1. The number of hydrogen-bond donors (Lipinski definition) is 2. The van der Waals surface area contributed by atoms with Gasteiger partial charge in [0.25, 0.3) is 0 Å². The van der Waals surface area contributed by atoms with Gasteiger partial charge in [0.2, 0.25) is 5.91 Å². The molecule has 0 spiro atoms. The summed E-state index contributed by atoms with van der Waals surface area (Å²) in [5, 5.41) is 5.22. The molecular weight excluding hydrogens is 254 g/mol. The first-order valence-electron chi connectivity index (χ1n) is 5.53. The van der Waals surface area contributed by atoms with Crippen LogP contribution in [0.1, 0.15) is 26.5 Å². The topological polar surface area (TPSA) is 94.3 Å². The molecule has 1 aromatic rings. The van der Waals surface area contributed by atoms with Crippen LogP contribution >= 0.6 is 11.3 Å². The highest BCUT2D eigenvalue weighted by molar-refractivity contribution is 7.13. The average Bonchev–Trinajstić information content (AvgIpc) is 2.64. The Hall–Kier alpha value is -1.63. The fourth-order valence-corrected chi connectivity index (χ4v) is 2.00. The molecule has 18 heavy (non-hydrogen) atoms. The fraction of sp³-hybridized carbons (Fsp3) is 0.545. The molecule has 1 amide bonds. The Balaban J connectivity index is 2.64. The number of rotatable bonds is 6. The summed E-state index contributed by atoms with van der Waals surface area (Å²) in [6.45, 7) is 5.44. The van der Waals surface area contributed by atoms with Gasteiger partial charge in [-0.05, 0) is 20.8 Å². The molecule has 6 nitrogen and oxygen atoms in total. The molecule has 0 aliphatic rings. The molecule has 0 saturated carbocycles. The Bertz CT molecular complexity index is 442. The molecule has 100 valence electrons. The summed E-state index contributed by atoms with van der Waals surface area (Å²) < 4.78 is 4.83. The molecule has 0 unspecified atom stereocenters. The minimum atomic E-state index is -0.876. The number of nitrogens with two attached hydrogens (primary N) is 1. The van der Waals surface area contributed by atoms with Gasteiger partial charge in [0.15, 0.2) is 5.13 Å². The van der Waals surface area contributed by atoms with E-state index in [0.29, 0.717) is 17.4 Å². The number of nitrogens with zero attached hydrogens (tertiary/aromatic N) is 1. The summed E-state index contributed by atoms with van der Waals surface area (Å²) in [4.78, 5) is 26.6. The number of ether oxygens (including phenoxy) is 1. The average molecular weight is 271 g/mol. The van der Waals surface area contributed by atoms with Crippen molar-refractivity contribution in [1.29, 1.82) is 0 Å². The molecule has 1 rings (SSSR count). The van der Waals surface area contributed by atoms with Crippen LogP contribution in [0.4, 0.5) is 5.13 Å². The molecule has 0 atom stereocenters. The minimum absolute atomic E-state index is 0.128. The van der Waals surface area contributed by atoms with E-state index in [1.807, 2.05) is 0 Å². The second-order valence-electron chi connectivity index (χ2n) is 4.24. The molecule has 3 N–H and O–H groups in total. The van der Waals surface area contributed by atoms with Crippen molar-refractivity contribution in [1.82, 2.24) is 4.98 Å². The monoisotopic (exact) mass is 271 g/mol. The fourth-order valence-electron chi connectivity index (χ4n) is 1.13. The third-order valence-corrected chi connectivity index (χ3v) is 3.02. The van der Waals surface area contributed by atoms with E-state index in [0.717, 1.165) is 0 Å². The van der Waals surface area contributed by atoms with Crippen molar-refractivity contribution in [2.75, 3.05) is 11.9 Å². The van der Waals surface area contributed by atoms with Gasteiger partial charge in [0.1, 0.15) is 5.54 Å². The molecular formula is C11H17N3O3S. The predicted octanol–water partition coefficient (Wildman–Crippen LogP) is 0.925. The van der Waals surface area contributed by atoms with E-state index < -0.39 is 11.4 Å². The van der Waals surface area contributed by atoms with Gasteiger partial charge in [0, 0.05) is 5.38 Å². The Labute approximate surface area is 110 Å². The molecule has 0 fully saturated rings. The van der Waals surface area contributed by atoms with Gasteiger partial charge in [-0.3, -0.25) is 9.59 Å². The van der Waals surface area contributed by atoms with E-state index in [2.05, 4.69) is 10.3 Å². The van der Waals surface area contributed by atoms with Gasteiger partial charge >= 0.3 is 5.97 Å².